The first-order valence-electron chi connectivity index (χ1n) is 7.71. The van der Waals surface area contributed by atoms with Crippen LogP contribution in [0.1, 0.15) is 6.42 Å². The minimum atomic E-state index is -4.50. The molecule has 0 saturated heterocycles. The maximum atomic E-state index is 13.1. The molecule has 0 spiro atoms. The Morgan fingerprint density at radius 1 is 1.11 bits per heavy atom. The molecule has 27 heavy (non-hydrogen) atoms. The number of alkyl halides is 3. The lowest BCUT2D eigenvalue weighted by Gasteiger charge is -2.23. The molecule has 0 aliphatic heterocycles. The van der Waals surface area contributed by atoms with Gasteiger partial charge in [0.2, 0.25) is 0 Å². The van der Waals surface area contributed by atoms with Crippen molar-refractivity contribution in [2.75, 3.05) is 16.6 Å². The molecule has 0 saturated carbocycles. The van der Waals surface area contributed by atoms with E-state index in [4.69, 9.17) is 17.3 Å². The Kier molecular flexibility index (Phi) is 5.29. The van der Waals surface area contributed by atoms with E-state index >= 15 is 0 Å². The number of fused-ring (bicyclic) bond motifs is 1. The molecule has 0 amide bonds. The van der Waals surface area contributed by atoms with Gasteiger partial charge in [-0.25, -0.2) is 8.42 Å². The number of thiophene rings is 1. The van der Waals surface area contributed by atoms with Gasteiger partial charge in [-0.2, -0.15) is 13.2 Å². The number of anilines is 2. The molecule has 4 nitrogen and oxygen atoms in total. The minimum absolute atomic E-state index is 0.0168. The van der Waals surface area contributed by atoms with E-state index in [0.717, 1.165) is 31.8 Å². The molecular weight excluding hydrogens is 421 g/mol. The summed E-state index contributed by atoms with van der Waals surface area (Å²) in [5, 5.41) is 0.969. The van der Waals surface area contributed by atoms with Gasteiger partial charge in [0, 0.05) is 11.2 Å². The van der Waals surface area contributed by atoms with Crippen LogP contribution >= 0.6 is 22.9 Å². The van der Waals surface area contributed by atoms with Gasteiger partial charge in [-0.05, 0) is 35.7 Å². The number of nitrogens with two attached hydrogens (primary N) is 1. The van der Waals surface area contributed by atoms with E-state index < -0.39 is 29.2 Å². The molecule has 0 atom stereocenters. The number of nitrogen functional groups attached to an aromatic ring is 1. The van der Waals surface area contributed by atoms with E-state index in [2.05, 4.69) is 0 Å². The van der Waals surface area contributed by atoms with Crippen molar-refractivity contribution < 1.29 is 21.6 Å². The van der Waals surface area contributed by atoms with Crippen molar-refractivity contribution in [3.05, 3.63) is 53.6 Å². The zero-order valence-electron chi connectivity index (χ0n) is 13.7. The Hall–Kier alpha value is -1.97. The van der Waals surface area contributed by atoms with E-state index in [-0.39, 0.29) is 20.6 Å². The van der Waals surface area contributed by atoms with Crippen molar-refractivity contribution in [1.82, 2.24) is 0 Å². The summed E-state index contributed by atoms with van der Waals surface area (Å²) in [7, 11) is -4.26. The van der Waals surface area contributed by atoms with Crippen molar-refractivity contribution in [3.63, 3.8) is 0 Å². The largest absolute Gasteiger partial charge is 0.398 e. The highest BCUT2D eigenvalue weighted by Gasteiger charge is 2.33. The van der Waals surface area contributed by atoms with E-state index in [1.165, 1.54) is 12.1 Å². The molecule has 1 heterocycles. The normalized spacial score (nSPS) is 12.4. The van der Waals surface area contributed by atoms with Gasteiger partial charge in [0.1, 0.15) is 5.00 Å². The molecule has 10 heteroatoms. The molecule has 3 aromatic rings. The van der Waals surface area contributed by atoms with E-state index in [1.807, 2.05) is 0 Å². The second-order valence-electron chi connectivity index (χ2n) is 5.75. The second kappa shape index (κ2) is 7.21. The van der Waals surface area contributed by atoms with Crippen LogP contribution in [0.25, 0.3) is 10.1 Å². The number of rotatable bonds is 5. The lowest BCUT2D eigenvalue weighted by molar-refractivity contribution is -0.131. The molecule has 0 fully saturated rings. The average molecular weight is 435 g/mol. The number of sulfonamides is 1. The fourth-order valence-corrected chi connectivity index (χ4v) is 5.49. The van der Waals surface area contributed by atoms with Gasteiger partial charge in [-0.3, -0.25) is 4.31 Å². The average Bonchev–Trinajstić information content (AvgIpc) is 2.99. The Balaban J connectivity index is 2.08. The molecule has 1 aromatic heterocycles. The quantitative estimate of drug-likeness (QED) is 0.555. The molecule has 2 aromatic carbocycles. The van der Waals surface area contributed by atoms with Crippen molar-refractivity contribution in [2.24, 2.45) is 0 Å². The lowest BCUT2D eigenvalue weighted by Crippen LogP contribution is -2.33. The first-order chi connectivity index (χ1) is 12.6. The van der Waals surface area contributed by atoms with Crippen molar-refractivity contribution in [1.29, 1.82) is 0 Å². The molecule has 0 bridgehead atoms. The van der Waals surface area contributed by atoms with Gasteiger partial charge < -0.3 is 5.73 Å². The standard InChI is InChI=1S/C17H14ClF3N2O2S2/c18-13-10-12(5-6-14(13)22)27(24,25)23(8-7-17(19,20)21)16-9-11-3-1-2-4-15(11)26-16/h1-6,9-10H,7-8,22H2. The molecular formula is C17H14ClF3N2O2S2. The van der Waals surface area contributed by atoms with Gasteiger partial charge in [-0.1, -0.05) is 29.8 Å². The van der Waals surface area contributed by atoms with Crippen LogP contribution in [0.3, 0.4) is 0 Å². The lowest BCUT2D eigenvalue weighted by atomic mass is 10.3. The zero-order chi connectivity index (χ0) is 19.8. The summed E-state index contributed by atoms with van der Waals surface area (Å²) in [5.41, 5.74) is 5.78. The smallest absolute Gasteiger partial charge is 0.390 e. The van der Waals surface area contributed by atoms with Gasteiger partial charge in [0.05, 0.1) is 22.0 Å². The summed E-state index contributed by atoms with van der Waals surface area (Å²) in [6, 6.07) is 12.3. The predicted molar refractivity (Wildman–Crippen MR) is 103 cm³/mol. The molecule has 0 aliphatic rings. The van der Waals surface area contributed by atoms with Gasteiger partial charge in [0.15, 0.2) is 0 Å². The SMILES string of the molecule is Nc1ccc(S(=O)(=O)N(CCC(F)(F)F)c2cc3ccccc3s2)cc1Cl. The maximum Gasteiger partial charge on any atom is 0.390 e. The van der Waals surface area contributed by atoms with Crippen LogP contribution in [-0.4, -0.2) is 21.1 Å². The fourth-order valence-electron chi connectivity index (χ4n) is 2.46. The van der Waals surface area contributed by atoms with Crippen LogP contribution in [0.4, 0.5) is 23.9 Å². The highest BCUT2D eigenvalue weighted by atomic mass is 35.5. The fraction of sp³-hybridized carbons (Fsp3) is 0.176. The highest BCUT2D eigenvalue weighted by molar-refractivity contribution is 7.93. The Morgan fingerprint density at radius 2 is 1.81 bits per heavy atom. The molecule has 2 N–H and O–H groups in total. The van der Waals surface area contributed by atoms with Crippen molar-refractivity contribution in [2.45, 2.75) is 17.5 Å². The van der Waals surface area contributed by atoms with Gasteiger partial charge in [-0.15, -0.1) is 11.3 Å². The molecule has 0 aliphatic carbocycles. The summed E-state index contributed by atoms with van der Waals surface area (Å²) in [4.78, 5) is -0.221. The number of nitrogens with zero attached hydrogens (tertiary/aromatic N) is 1. The first kappa shape index (κ1) is 19.8. The van der Waals surface area contributed by atoms with Crippen LogP contribution in [-0.2, 0) is 10.0 Å². The predicted octanol–water partition coefficient (Wildman–Crippen LogP) is 5.28. The number of hydrogen-bond donors (Lipinski definition) is 1. The Morgan fingerprint density at radius 3 is 2.44 bits per heavy atom. The third kappa shape index (κ3) is 4.31. The number of halogens is 4. The van der Waals surface area contributed by atoms with Crippen LogP contribution in [0.5, 0.6) is 0 Å². The van der Waals surface area contributed by atoms with E-state index in [0.29, 0.717) is 0 Å². The van der Waals surface area contributed by atoms with Crippen molar-refractivity contribution in [3.8, 4) is 0 Å². The zero-order valence-corrected chi connectivity index (χ0v) is 16.1. The van der Waals surface area contributed by atoms with E-state index in [9.17, 15) is 21.6 Å². The van der Waals surface area contributed by atoms with Gasteiger partial charge in [0.25, 0.3) is 10.0 Å². The molecule has 144 valence electrons. The van der Waals surface area contributed by atoms with E-state index in [1.54, 1.807) is 30.3 Å². The third-order valence-corrected chi connectivity index (χ3v) is 7.21. The minimum Gasteiger partial charge on any atom is -0.398 e. The monoisotopic (exact) mass is 434 g/mol. The molecule has 3 rings (SSSR count). The van der Waals surface area contributed by atoms with Crippen LogP contribution < -0.4 is 10.0 Å². The van der Waals surface area contributed by atoms with Crippen molar-refractivity contribution >= 4 is 53.7 Å². The molecule has 0 radical (unpaired) electrons. The summed E-state index contributed by atoms with van der Waals surface area (Å²) >= 11 is 7.01. The van der Waals surface area contributed by atoms with Gasteiger partial charge >= 0.3 is 6.18 Å². The second-order valence-corrected chi connectivity index (χ2v) is 9.08. The Bertz CT molecular complexity index is 1050. The first-order valence-corrected chi connectivity index (χ1v) is 10.3. The summed E-state index contributed by atoms with van der Waals surface area (Å²) < 4.78 is 66.0. The highest BCUT2D eigenvalue weighted by Crippen LogP contribution is 2.37. The third-order valence-electron chi connectivity index (χ3n) is 3.82. The number of benzene rings is 2. The molecule has 0 unspecified atom stereocenters. The van der Waals surface area contributed by atoms with Crippen LogP contribution in [0.15, 0.2) is 53.4 Å². The Labute approximate surface area is 163 Å². The number of hydrogen-bond acceptors (Lipinski definition) is 4. The summed E-state index contributed by atoms with van der Waals surface area (Å²) in [5.74, 6) is 0. The topological polar surface area (TPSA) is 63.4 Å². The summed E-state index contributed by atoms with van der Waals surface area (Å²) in [6.07, 6.45) is -5.77. The summed E-state index contributed by atoms with van der Waals surface area (Å²) in [6.45, 7) is -0.735. The van der Waals surface area contributed by atoms with Crippen LogP contribution in [0.2, 0.25) is 5.02 Å². The van der Waals surface area contributed by atoms with Crippen LogP contribution in [0, 0.1) is 0 Å². The maximum absolute atomic E-state index is 13.1.